The highest BCUT2D eigenvalue weighted by atomic mass is 35.5. The average molecular weight is 377 g/mol. The number of rotatable bonds is 5. The summed E-state index contributed by atoms with van der Waals surface area (Å²) in [6, 6.07) is 15.0. The zero-order chi connectivity index (χ0) is 16.9. The molecule has 7 heteroatoms. The minimum atomic E-state index is -0.104. The van der Waals surface area contributed by atoms with Crippen LogP contribution in [0.25, 0.3) is 0 Å². The number of hydrogen-bond acceptors (Lipinski definition) is 5. The van der Waals surface area contributed by atoms with E-state index < -0.39 is 0 Å². The second-order valence-electron chi connectivity index (χ2n) is 4.96. The number of ether oxygens (including phenoxy) is 1. The molecule has 0 radical (unpaired) electrons. The van der Waals surface area contributed by atoms with Gasteiger partial charge in [0, 0.05) is 10.6 Å². The monoisotopic (exact) mass is 376 g/mol. The van der Waals surface area contributed by atoms with Gasteiger partial charge < -0.3 is 4.74 Å². The zero-order valence-corrected chi connectivity index (χ0v) is 14.9. The van der Waals surface area contributed by atoms with Crippen molar-refractivity contribution in [2.75, 3.05) is 5.75 Å². The van der Waals surface area contributed by atoms with Gasteiger partial charge in [-0.25, -0.2) is 0 Å². The summed E-state index contributed by atoms with van der Waals surface area (Å²) in [5, 5.41) is 6.07. The summed E-state index contributed by atoms with van der Waals surface area (Å²) in [5.41, 5.74) is 1.74. The van der Waals surface area contributed by atoms with Crippen LogP contribution in [0.2, 0.25) is 5.02 Å². The summed E-state index contributed by atoms with van der Waals surface area (Å²) >= 11 is 12.5. The number of halogens is 1. The third kappa shape index (κ3) is 4.14. The van der Waals surface area contributed by atoms with Gasteiger partial charge in [0.2, 0.25) is 0 Å². The van der Waals surface area contributed by atoms with Crippen LogP contribution in [0.1, 0.15) is 11.1 Å². The molecule has 4 nitrogen and oxygen atoms in total. The second-order valence-corrected chi connectivity index (χ2v) is 6.97. The Kier molecular flexibility index (Phi) is 5.50. The maximum absolute atomic E-state index is 11.6. The predicted octanol–water partition coefficient (Wildman–Crippen LogP) is 4.11. The molecule has 0 aromatic heterocycles. The van der Waals surface area contributed by atoms with Crippen molar-refractivity contribution >= 4 is 52.0 Å². The average Bonchev–Trinajstić information content (AvgIpc) is 2.91. The van der Waals surface area contributed by atoms with Gasteiger partial charge in [-0.15, -0.1) is 0 Å². The molecule has 3 rings (SSSR count). The maximum atomic E-state index is 11.6. The number of amides is 1. The highest BCUT2D eigenvalue weighted by molar-refractivity contribution is 8.23. The molecule has 1 saturated heterocycles. The van der Waals surface area contributed by atoms with E-state index in [-0.39, 0.29) is 5.91 Å². The van der Waals surface area contributed by atoms with Gasteiger partial charge in [0.15, 0.2) is 4.32 Å². The standard InChI is InChI=1S/C17H13ClN2O2S2/c18-15-7-2-1-5-13(15)10-22-14-6-3-4-12(8-14)9-19-20-16(21)11-24-17(20)23/h1-9H,10-11H2/b19-9+. The molecule has 0 N–H and O–H groups in total. The number of hydrazone groups is 1. The summed E-state index contributed by atoms with van der Waals surface area (Å²) in [4.78, 5) is 11.6. The van der Waals surface area contributed by atoms with Crippen molar-refractivity contribution < 1.29 is 9.53 Å². The van der Waals surface area contributed by atoms with E-state index in [9.17, 15) is 4.79 Å². The normalized spacial score (nSPS) is 14.6. The van der Waals surface area contributed by atoms with Crippen molar-refractivity contribution in [3.8, 4) is 5.75 Å². The van der Waals surface area contributed by atoms with Crippen LogP contribution in [0, 0.1) is 0 Å². The number of nitrogens with zero attached hydrogens (tertiary/aromatic N) is 2. The largest absolute Gasteiger partial charge is 0.489 e. The summed E-state index contributed by atoms with van der Waals surface area (Å²) in [6.07, 6.45) is 1.60. The van der Waals surface area contributed by atoms with Crippen LogP contribution in [-0.4, -0.2) is 27.2 Å². The molecule has 0 spiro atoms. The molecule has 0 aliphatic carbocycles. The minimum absolute atomic E-state index is 0.104. The molecular weight excluding hydrogens is 364 g/mol. The Morgan fingerprint density at radius 3 is 2.88 bits per heavy atom. The number of carbonyl (C=O) groups excluding carboxylic acids is 1. The molecular formula is C17H13ClN2O2S2. The van der Waals surface area contributed by atoms with E-state index in [1.54, 1.807) is 6.21 Å². The van der Waals surface area contributed by atoms with E-state index >= 15 is 0 Å². The molecule has 1 heterocycles. The Labute approximate surface area is 154 Å². The van der Waals surface area contributed by atoms with Crippen LogP contribution in [0.5, 0.6) is 5.75 Å². The summed E-state index contributed by atoms with van der Waals surface area (Å²) in [6.45, 7) is 0.381. The molecule has 1 aliphatic heterocycles. The third-order valence-electron chi connectivity index (χ3n) is 3.26. The Morgan fingerprint density at radius 1 is 1.29 bits per heavy atom. The van der Waals surface area contributed by atoms with Crippen LogP contribution in [0.3, 0.4) is 0 Å². The Balaban J connectivity index is 1.67. The number of benzene rings is 2. The maximum Gasteiger partial charge on any atom is 0.259 e. The Hall–Kier alpha value is -1.89. The van der Waals surface area contributed by atoms with Crippen LogP contribution >= 0.6 is 35.6 Å². The van der Waals surface area contributed by atoms with Crippen molar-refractivity contribution in [1.29, 1.82) is 0 Å². The van der Waals surface area contributed by atoms with Gasteiger partial charge in [0.1, 0.15) is 12.4 Å². The zero-order valence-electron chi connectivity index (χ0n) is 12.5. The highest BCUT2D eigenvalue weighted by Gasteiger charge is 2.25. The minimum Gasteiger partial charge on any atom is -0.489 e. The SMILES string of the molecule is O=C1CSC(=S)N1/N=C/c1cccc(OCc2ccccc2Cl)c1. The van der Waals surface area contributed by atoms with Crippen molar-refractivity contribution in [3.05, 3.63) is 64.7 Å². The highest BCUT2D eigenvalue weighted by Crippen LogP contribution is 2.21. The lowest BCUT2D eigenvalue weighted by Gasteiger charge is -2.09. The van der Waals surface area contributed by atoms with E-state index in [4.69, 9.17) is 28.6 Å². The Bertz CT molecular complexity index is 795. The van der Waals surface area contributed by atoms with E-state index in [1.165, 1.54) is 16.8 Å². The van der Waals surface area contributed by atoms with Gasteiger partial charge in [0.25, 0.3) is 5.91 Å². The first-order chi connectivity index (χ1) is 11.6. The molecule has 0 atom stereocenters. The number of carbonyl (C=O) groups is 1. The quantitative estimate of drug-likeness (QED) is 0.581. The van der Waals surface area contributed by atoms with Crippen LogP contribution in [0.15, 0.2) is 53.6 Å². The van der Waals surface area contributed by atoms with E-state index in [1.807, 2.05) is 48.5 Å². The second kappa shape index (κ2) is 7.79. The topological polar surface area (TPSA) is 41.9 Å². The smallest absolute Gasteiger partial charge is 0.259 e. The fourth-order valence-electron chi connectivity index (χ4n) is 2.04. The first-order valence-electron chi connectivity index (χ1n) is 7.13. The summed E-state index contributed by atoms with van der Waals surface area (Å²) in [5.74, 6) is 0.938. The van der Waals surface area contributed by atoms with E-state index in [2.05, 4.69) is 5.10 Å². The molecule has 1 amide bonds. The fraction of sp³-hybridized carbons (Fsp3) is 0.118. The number of thiocarbonyl (C=S) groups is 1. The molecule has 0 saturated carbocycles. The predicted molar refractivity (Wildman–Crippen MR) is 102 cm³/mol. The number of hydrogen-bond donors (Lipinski definition) is 0. The van der Waals surface area contributed by atoms with Crippen molar-refractivity contribution in [2.45, 2.75) is 6.61 Å². The first kappa shape index (κ1) is 17.0. The lowest BCUT2D eigenvalue weighted by Crippen LogP contribution is -2.22. The van der Waals surface area contributed by atoms with Crippen LogP contribution < -0.4 is 4.74 Å². The van der Waals surface area contributed by atoms with Gasteiger partial charge >= 0.3 is 0 Å². The molecule has 1 aliphatic rings. The fourth-order valence-corrected chi connectivity index (χ4v) is 3.20. The van der Waals surface area contributed by atoms with Crippen molar-refractivity contribution in [2.24, 2.45) is 5.10 Å². The van der Waals surface area contributed by atoms with Gasteiger partial charge in [-0.05, 0) is 23.8 Å². The molecule has 2 aromatic carbocycles. The van der Waals surface area contributed by atoms with Crippen LogP contribution in [0.4, 0.5) is 0 Å². The number of thioether (sulfide) groups is 1. The lowest BCUT2D eigenvalue weighted by atomic mass is 10.2. The van der Waals surface area contributed by atoms with Gasteiger partial charge in [0.05, 0.1) is 12.0 Å². The molecule has 24 heavy (non-hydrogen) atoms. The Morgan fingerprint density at radius 2 is 2.12 bits per heavy atom. The molecule has 2 aromatic rings. The molecule has 122 valence electrons. The van der Waals surface area contributed by atoms with Crippen LogP contribution in [-0.2, 0) is 11.4 Å². The summed E-state index contributed by atoms with van der Waals surface area (Å²) < 4.78 is 6.25. The van der Waals surface area contributed by atoms with Gasteiger partial charge in [-0.1, -0.05) is 65.9 Å². The molecule has 0 bridgehead atoms. The lowest BCUT2D eigenvalue weighted by molar-refractivity contribution is -0.123. The van der Waals surface area contributed by atoms with Crippen molar-refractivity contribution in [3.63, 3.8) is 0 Å². The summed E-state index contributed by atoms with van der Waals surface area (Å²) in [7, 11) is 0. The van der Waals surface area contributed by atoms with Gasteiger partial charge in [-0.2, -0.15) is 10.1 Å². The van der Waals surface area contributed by atoms with E-state index in [0.717, 1.165) is 11.1 Å². The molecule has 1 fully saturated rings. The first-order valence-corrected chi connectivity index (χ1v) is 8.90. The van der Waals surface area contributed by atoms with Gasteiger partial charge in [-0.3, -0.25) is 4.79 Å². The molecule has 0 unspecified atom stereocenters. The van der Waals surface area contributed by atoms with E-state index in [0.29, 0.717) is 27.5 Å². The third-order valence-corrected chi connectivity index (χ3v) is 4.97. The van der Waals surface area contributed by atoms with Crippen molar-refractivity contribution in [1.82, 2.24) is 5.01 Å².